The van der Waals surface area contributed by atoms with Gasteiger partial charge in [-0.2, -0.15) is 0 Å². The number of amides is 2. The summed E-state index contributed by atoms with van der Waals surface area (Å²) in [5.74, 6) is 0. The number of hydrogen-bond acceptors (Lipinski definition) is 2. The topological polar surface area (TPSA) is 54.0 Å². The Hall–Kier alpha value is -2.85. The zero-order chi connectivity index (χ0) is 16.1. The fraction of sp³-hybridized carbons (Fsp3) is 0. The third kappa shape index (κ3) is 3.87. The van der Waals surface area contributed by atoms with Gasteiger partial charge in [0, 0.05) is 11.9 Å². The number of nitrogens with zero attached hydrogens (tertiary/aromatic N) is 1. The molecule has 2 aromatic carbocycles. The van der Waals surface area contributed by atoms with Crippen LogP contribution in [0.5, 0.6) is 0 Å². The van der Waals surface area contributed by atoms with Gasteiger partial charge in [-0.1, -0.05) is 54.1 Å². The number of aromatic nitrogens is 1. The fourth-order valence-electron chi connectivity index (χ4n) is 2.14. The molecule has 2 N–H and O–H groups in total. The van der Waals surface area contributed by atoms with E-state index in [9.17, 15) is 4.79 Å². The van der Waals surface area contributed by atoms with E-state index >= 15 is 0 Å². The zero-order valence-corrected chi connectivity index (χ0v) is 12.9. The summed E-state index contributed by atoms with van der Waals surface area (Å²) in [4.78, 5) is 15.9. The Labute approximate surface area is 139 Å². The van der Waals surface area contributed by atoms with Crippen molar-refractivity contribution in [2.75, 3.05) is 10.6 Å². The summed E-state index contributed by atoms with van der Waals surface area (Å²) in [6.07, 6.45) is 1.56. The Kier molecular flexibility index (Phi) is 4.54. The van der Waals surface area contributed by atoms with Gasteiger partial charge in [0.1, 0.15) is 0 Å². The Balaban J connectivity index is 1.66. The van der Waals surface area contributed by atoms with E-state index in [1.807, 2.05) is 54.6 Å². The van der Waals surface area contributed by atoms with E-state index in [1.54, 1.807) is 18.3 Å². The Bertz CT molecular complexity index is 804. The van der Waals surface area contributed by atoms with Crippen LogP contribution in [0.15, 0.2) is 72.9 Å². The number of hydrogen-bond donors (Lipinski definition) is 2. The summed E-state index contributed by atoms with van der Waals surface area (Å²) in [5.41, 5.74) is 3.38. The van der Waals surface area contributed by atoms with Crippen LogP contribution in [0.4, 0.5) is 16.2 Å². The largest absolute Gasteiger partial charge is 0.323 e. The maximum Gasteiger partial charge on any atom is 0.323 e. The Morgan fingerprint density at radius 2 is 1.52 bits per heavy atom. The van der Waals surface area contributed by atoms with Gasteiger partial charge in [-0.05, 0) is 35.4 Å². The van der Waals surface area contributed by atoms with Crippen molar-refractivity contribution in [3.05, 3.63) is 78.1 Å². The summed E-state index contributed by atoms with van der Waals surface area (Å²) in [6, 6.07) is 20.7. The van der Waals surface area contributed by atoms with Crippen LogP contribution in [0.25, 0.3) is 11.1 Å². The van der Waals surface area contributed by atoms with Crippen molar-refractivity contribution in [1.82, 2.24) is 4.98 Å². The molecule has 0 spiro atoms. The molecule has 2 amide bonds. The molecule has 0 radical (unpaired) electrons. The van der Waals surface area contributed by atoms with Crippen LogP contribution in [0.2, 0.25) is 5.15 Å². The van der Waals surface area contributed by atoms with E-state index in [2.05, 4.69) is 15.6 Å². The third-order valence-corrected chi connectivity index (χ3v) is 3.56. The van der Waals surface area contributed by atoms with Crippen LogP contribution in [0, 0.1) is 0 Å². The summed E-state index contributed by atoms with van der Waals surface area (Å²) in [6.45, 7) is 0. The second kappa shape index (κ2) is 6.94. The van der Waals surface area contributed by atoms with Gasteiger partial charge in [-0.3, -0.25) is 0 Å². The molecule has 3 aromatic rings. The molecule has 0 aliphatic rings. The van der Waals surface area contributed by atoms with E-state index in [0.29, 0.717) is 11.4 Å². The van der Waals surface area contributed by atoms with Crippen molar-refractivity contribution >= 4 is 29.0 Å². The number of carbonyl (C=O) groups excluding carboxylic acids is 1. The lowest BCUT2D eigenvalue weighted by Gasteiger charge is -2.09. The SMILES string of the molecule is O=C(Nc1ccc(-c2ccccc2)cc1)Nc1cccnc1Cl. The van der Waals surface area contributed by atoms with Gasteiger partial charge in [0.05, 0.1) is 5.69 Å². The van der Waals surface area contributed by atoms with Crippen LogP contribution in [-0.4, -0.2) is 11.0 Å². The minimum atomic E-state index is -0.368. The highest BCUT2D eigenvalue weighted by Crippen LogP contribution is 2.21. The van der Waals surface area contributed by atoms with Crippen LogP contribution in [0.3, 0.4) is 0 Å². The van der Waals surface area contributed by atoms with E-state index < -0.39 is 0 Å². The molecule has 5 heteroatoms. The predicted molar refractivity (Wildman–Crippen MR) is 93.8 cm³/mol. The highest BCUT2D eigenvalue weighted by Gasteiger charge is 2.06. The van der Waals surface area contributed by atoms with Crippen molar-refractivity contribution in [3.8, 4) is 11.1 Å². The van der Waals surface area contributed by atoms with Crippen molar-refractivity contribution in [3.63, 3.8) is 0 Å². The number of nitrogens with one attached hydrogen (secondary N) is 2. The molecule has 0 aliphatic carbocycles. The predicted octanol–water partition coefficient (Wildman–Crippen LogP) is 5.05. The molecule has 0 saturated heterocycles. The van der Waals surface area contributed by atoms with Gasteiger partial charge in [0.25, 0.3) is 0 Å². The molecule has 3 rings (SSSR count). The number of urea groups is 1. The van der Waals surface area contributed by atoms with Crippen LogP contribution in [-0.2, 0) is 0 Å². The Morgan fingerprint density at radius 3 is 2.22 bits per heavy atom. The van der Waals surface area contributed by atoms with E-state index in [1.165, 1.54) is 0 Å². The van der Waals surface area contributed by atoms with Gasteiger partial charge >= 0.3 is 6.03 Å². The van der Waals surface area contributed by atoms with Crippen LogP contribution < -0.4 is 10.6 Å². The average Bonchev–Trinajstić information content (AvgIpc) is 2.58. The number of anilines is 2. The van der Waals surface area contributed by atoms with E-state index in [0.717, 1.165) is 11.1 Å². The van der Waals surface area contributed by atoms with Gasteiger partial charge in [-0.25, -0.2) is 9.78 Å². The molecule has 0 aliphatic heterocycles. The normalized spacial score (nSPS) is 10.1. The summed E-state index contributed by atoms with van der Waals surface area (Å²) < 4.78 is 0. The van der Waals surface area contributed by atoms with E-state index in [4.69, 9.17) is 11.6 Å². The maximum atomic E-state index is 12.0. The number of halogens is 1. The van der Waals surface area contributed by atoms with Gasteiger partial charge in [-0.15, -0.1) is 0 Å². The monoisotopic (exact) mass is 323 g/mol. The van der Waals surface area contributed by atoms with Crippen molar-refractivity contribution < 1.29 is 4.79 Å². The first-order valence-electron chi connectivity index (χ1n) is 7.06. The molecule has 23 heavy (non-hydrogen) atoms. The molecule has 0 saturated carbocycles. The average molecular weight is 324 g/mol. The summed E-state index contributed by atoms with van der Waals surface area (Å²) >= 11 is 5.91. The second-order valence-electron chi connectivity index (χ2n) is 4.86. The van der Waals surface area contributed by atoms with Gasteiger partial charge in [0.15, 0.2) is 5.15 Å². The first kappa shape index (κ1) is 15.1. The molecular formula is C18H14ClN3O. The molecule has 114 valence electrons. The number of rotatable bonds is 3. The molecule has 0 unspecified atom stereocenters. The third-order valence-electron chi connectivity index (χ3n) is 3.26. The molecular weight excluding hydrogens is 310 g/mol. The van der Waals surface area contributed by atoms with Crippen molar-refractivity contribution in [1.29, 1.82) is 0 Å². The summed E-state index contributed by atoms with van der Waals surface area (Å²) in [5, 5.41) is 5.67. The highest BCUT2D eigenvalue weighted by atomic mass is 35.5. The van der Waals surface area contributed by atoms with Crippen LogP contribution in [0.1, 0.15) is 0 Å². The lowest BCUT2D eigenvalue weighted by atomic mass is 10.1. The first-order valence-corrected chi connectivity index (χ1v) is 7.44. The molecule has 1 aromatic heterocycles. The Morgan fingerprint density at radius 1 is 0.826 bits per heavy atom. The standard InChI is InChI=1S/C18H14ClN3O/c19-17-16(7-4-12-20-17)22-18(23)21-15-10-8-14(9-11-15)13-5-2-1-3-6-13/h1-12H,(H2,21,22,23). The maximum absolute atomic E-state index is 12.0. The van der Waals surface area contributed by atoms with E-state index in [-0.39, 0.29) is 11.2 Å². The van der Waals surface area contributed by atoms with Crippen molar-refractivity contribution in [2.24, 2.45) is 0 Å². The lowest BCUT2D eigenvalue weighted by Crippen LogP contribution is -2.19. The number of pyridine rings is 1. The van der Waals surface area contributed by atoms with Crippen molar-refractivity contribution in [2.45, 2.75) is 0 Å². The highest BCUT2D eigenvalue weighted by molar-refractivity contribution is 6.32. The van der Waals surface area contributed by atoms with Crippen LogP contribution >= 0.6 is 11.6 Å². The van der Waals surface area contributed by atoms with Gasteiger partial charge in [0.2, 0.25) is 0 Å². The molecule has 0 bridgehead atoms. The minimum absolute atomic E-state index is 0.252. The number of carbonyl (C=O) groups is 1. The smallest absolute Gasteiger partial charge is 0.308 e. The minimum Gasteiger partial charge on any atom is -0.308 e. The zero-order valence-electron chi connectivity index (χ0n) is 12.2. The molecule has 0 atom stereocenters. The molecule has 1 heterocycles. The van der Waals surface area contributed by atoms with Gasteiger partial charge < -0.3 is 10.6 Å². The first-order chi connectivity index (χ1) is 11.2. The second-order valence-corrected chi connectivity index (χ2v) is 5.22. The quantitative estimate of drug-likeness (QED) is 0.663. The number of benzene rings is 2. The summed E-state index contributed by atoms with van der Waals surface area (Å²) in [7, 11) is 0. The molecule has 4 nitrogen and oxygen atoms in total. The molecule has 0 fully saturated rings. The lowest BCUT2D eigenvalue weighted by molar-refractivity contribution is 0.262. The fourth-order valence-corrected chi connectivity index (χ4v) is 2.31.